The summed E-state index contributed by atoms with van der Waals surface area (Å²) >= 11 is 0. The van der Waals surface area contributed by atoms with Crippen LogP contribution < -0.4 is 10.6 Å². The number of aromatic nitrogens is 2. The van der Waals surface area contributed by atoms with Gasteiger partial charge in [0.05, 0.1) is 23.4 Å². The molecule has 1 fully saturated rings. The average molecular weight is 369 g/mol. The van der Waals surface area contributed by atoms with Crippen molar-refractivity contribution in [1.82, 2.24) is 20.0 Å². The molecule has 0 spiro atoms. The van der Waals surface area contributed by atoms with Gasteiger partial charge >= 0.3 is 0 Å². The fourth-order valence-corrected chi connectivity index (χ4v) is 3.62. The zero-order chi connectivity index (χ0) is 19.4. The summed E-state index contributed by atoms with van der Waals surface area (Å²) in [6.45, 7) is 6.51. The molecule has 2 atom stereocenters. The molecule has 2 aromatic rings. The minimum atomic E-state index is -0.203. The van der Waals surface area contributed by atoms with Crippen LogP contribution in [-0.2, 0) is 11.8 Å². The maximum Gasteiger partial charge on any atom is 0.255 e. The second-order valence-corrected chi connectivity index (χ2v) is 6.83. The summed E-state index contributed by atoms with van der Waals surface area (Å²) < 4.78 is 1.75. The first-order chi connectivity index (χ1) is 13.0. The van der Waals surface area contributed by atoms with Crippen LogP contribution in [0.4, 0.5) is 5.69 Å². The third-order valence-electron chi connectivity index (χ3n) is 5.17. The SMILES string of the molecule is CCN(CC)C(=O)c1ccccc1NC(=O)[C@H]1CNC[C@@H]1c1cnn(C)c1. The molecule has 144 valence electrons. The van der Waals surface area contributed by atoms with Gasteiger partial charge < -0.3 is 15.5 Å². The molecule has 2 N–H and O–H groups in total. The van der Waals surface area contributed by atoms with E-state index in [1.54, 1.807) is 21.7 Å². The van der Waals surface area contributed by atoms with Gasteiger partial charge in [0, 0.05) is 45.3 Å². The Hall–Kier alpha value is -2.67. The van der Waals surface area contributed by atoms with E-state index in [1.165, 1.54) is 0 Å². The number of aryl methyl sites for hydroxylation is 1. The number of nitrogens with zero attached hydrogens (tertiary/aromatic N) is 3. The van der Waals surface area contributed by atoms with Crippen LogP contribution in [-0.4, -0.2) is 52.7 Å². The Labute approximate surface area is 159 Å². The number of benzene rings is 1. The number of carbonyl (C=O) groups is 2. The summed E-state index contributed by atoms with van der Waals surface area (Å²) in [6, 6.07) is 7.21. The molecule has 27 heavy (non-hydrogen) atoms. The number of carbonyl (C=O) groups excluding carboxylic acids is 2. The molecule has 0 bridgehead atoms. The number of hydrogen-bond acceptors (Lipinski definition) is 4. The van der Waals surface area contributed by atoms with Crippen molar-refractivity contribution in [1.29, 1.82) is 0 Å². The highest BCUT2D eigenvalue weighted by atomic mass is 16.2. The van der Waals surface area contributed by atoms with Crippen LogP contribution in [0.5, 0.6) is 0 Å². The summed E-state index contributed by atoms with van der Waals surface area (Å²) in [5.74, 6) is -0.270. The van der Waals surface area contributed by atoms with E-state index in [9.17, 15) is 9.59 Å². The fraction of sp³-hybridized carbons (Fsp3) is 0.450. The predicted octanol–water partition coefficient (Wildman–Crippen LogP) is 1.84. The summed E-state index contributed by atoms with van der Waals surface area (Å²) in [6.07, 6.45) is 3.77. The van der Waals surface area contributed by atoms with Crippen molar-refractivity contribution in [2.45, 2.75) is 19.8 Å². The highest BCUT2D eigenvalue weighted by Gasteiger charge is 2.35. The Kier molecular flexibility index (Phi) is 5.91. The van der Waals surface area contributed by atoms with Crippen molar-refractivity contribution in [2.75, 3.05) is 31.5 Å². The van der Waals surface area contributed by atoms with E-state index in [-0.39, 0.29) is 23.7 Å². The average Bonchev–Trinajstić information content (AvgIpc) is 3.31. The quantitative estimate of drug-likeness (QED) is 0.814. The van der Waals surface area contributed by atoms with E-state index >= 15 is 0 Å². The lowest BCUT2D eigenvalue weighted by Crippen LogP contribution is -2.32. The maximum atomic E-state index is 13.0. The van der Waals surface area contributed by atoms with Crippen molar-refractivity contribution < 1.29 is 9.59 Å². The summed E-state index contributed by atoms with van der Waals surface area (Å²) in [5, 5.41) is 10.5. The maximum absolute atomic E-state index is 13.0. The number of rotatable bonds is 6. The summed E-state index contributed by atoms with van der Waals surface area (Å²) in [7, 11) is 1.87. The Morgan fingerprint density at radius 1 is 1.26 bits per heavy atom. The second-order valence-electron chi connectivity index (χ2n) is 6.83. The third kappa shape index (κ3) is 4.03. The second kappa shape index (κ2) is 8.35. The van der Waals surface area contributed by atoms with Crippen molar-refractivity contribution in [3.63, 3.8) is 0 Å². The summed E-state index contributed by atoms with van der Waals surface area (Å²) in [5.41, 5.74) is 2.14. The van der Waals surface area contributed by atoms with E-state index in [0.29, 0.717) is 30.9 Å². The van der Waals surface area contributed by atoms with Gasteiger partial charge in [-0.3, -0.25) is 14.3 Å². The minimum absolute atomic E-state index is 0.0655. The topological polar surface area (TPSA) is 79.3 Å². The first-order valence-corrected chi connectivity index (χ1v) is 9.43. The van der Waals surface area contributed by atoms with Gasteiger partial charge in [-0.05, 0) is 31.5 Å². The molecule has 1 aliphatic rings. The van der Waals surface area contributed by atoms with Gasteiger partial charge in [0.2, 0.25) is 5.91 Å². The van der Waals surface area contributed by atoms with Crippen molar-refractivity contribution >= 4 is 17.5 Å². The van der Waals surface area contributed by atoms with E-state index < -0.39 is 0 Å². The Bertz CT molecular complexity index is 812. The molecule has 0 saturated carbocycles. The Morgan fingerprint density at radius 2 is 2.00 bits per heavy atom. The van der Waals surface area contributed by atoms with E-state index in [1.807, 2.05) is 45.4 Å². The highest BCUT2D eigenvalue weighted by Crippen LogP contribution is 2.29. The van der Waals surface area contributed by atoms with Crippen LogP contribution in [0.3, 0.4) is 0 Å². The fourth-order valence-electron chi connectivity index (χ4n) is 3.62. The number of anilines is 1. The molecule has 1 aromatic carbocycles. The zero-order valence-corrected chi connectivity index (χ0v) is 16.1. The number of amides is 2. The molecule has 0 unspecified atom stereocenters. The lowest BCUT2D eigenvalue weighted by Gasteiger charge is -2.22. The van der Waals surface area contributed by atoms with E-state index in [4.69, 9.17) is 0 Å². The van der Waals surface area contributed by atoms with E-state index in [0.717, 1.165) is 12.1 Å². The Morgan fingerprint density at radius 3 is 2.67 bits per heavy atom. The Balaban J connectivity index is 1.79. The normalized spacial score (nSPS) is 19.1. The van der Waals surface area contributed by atoms with Crippen molar-refractivity contribution in [2.24, 2.45) is 13.0 Å². The van der Waals surface area contributed by atoms with Gasteiger partial charge in [-0.2, -0.15) is 5.10 Å². The van der Waals surface area contributed by atoms with Crippen LogP contribution in [0.25, 0.3) is 0 Å². The van der Waals surface area contributed by atoms with Gasteiger partial charge in [-0.15, -0.1) is 0 Å². The van der Waals surface area contributed by atoms with Crippen LogP contribution in [0.1, 0.15) is 35.7 Å². The molecule has 0 aliphatic carbocycles. The predicted molar refractivity (Wildman–Crippen MR) is 105 cm³/mol. The molecule has 0 radical (unpaired) electrons. The highest BCUT2D eigenvalue weighted by molar-refractivity contribution is 6.04. The van der Waals surface area contributed by atoms with Crippen LogP contribution in [0.15, 0.2) is 36.7 Å². The minimum Gasteiger partial charge on any atom is -0.339 e. The molecular weight excluding hydrogens is 342 g/mol. The third-order valence-corrected chi connectivity index (χ3v) is 5.17. The number of para-hydroxylation sites is 1. The standard InChI is InChI=1S/C20H27N5O2/c1-4-25(5-2)20(27)15-8-6-7-9-18(15)23-19(26)17-12-21-11-16(17)14-10-22-24(3)13-14/h6-10,13,16-17,21H,4-5,11-12H2,1-3H3,(H,23,26)/t16-,17+/m1/s1. The van der Waals surface area contributed by atoms with Crippen molar-refractivity contribution in [3.8, 4) is 0 Å². The number of hydrogen-bond donors (Lipinski definition) is 2. The molecule has 3 rings (SSSR count). The summed E-state index contributed by atoms with van der Waals surface area (Å²) in [4.78, 5) is 27.5. The van der Waals surface area contributed by atoms with E-state index in [2.05, 4.69) is 15.7 Å². The van der Waals surface area contributed by atoms with Gasteiger partial charge in [0.25, 0.3) is 5.91 Å². The zero-order valence-electron chi connectivity index (χ0n) is 16.1. The molecule has 2 amide bonds. The largest absolute Gasteiger partial charge is 0.339 e. The lowest BCUT2D eigenvalue weighted by atomic mass is 9.90. The smallest absolute Gasteiger partial charge is 0.255 e. The molecule has 2 heterocycles. The van der Waals surface area contributed by atoms with Gasteiger partial charge in [0.1, 0.15) is 0 Å². The molecule has 1 saturated heterocycles. The molecule has 1 aliphatic heterocycles. The van der Waals surface area contributed by atoms with Gasteiger partial charge in [0.15, 0.2) is 0 Å². The van der Waals surface area contributed by atoms with Crippen LogP contribution in [0, 0.1) is 5.92 Å². The molecule has 1 aromatic heterocycles. The van der Waals surface area contributed by atoms with Gasteiger partial charge in [-0.25, -0.2) is 0 Å². The first-order valence-electron chi connectivity index (χ1n) is 9.43. The molecule has 7 heteroatoms. The van der Waals surface area contributed by atoms with Gasteiger partial charge in [-0.1, -0.05) is 12.1 Å². The monoisotopic (exact) mass is 369 g/mol. The van der Waals surface area contributed by atoms with Crippen LogP contribution >= 0.6 is 0 Å². The van der Waals surface area contributed by atoms with Crippen LogP contribution in [0.2, 0.25) is 0 Å². The molecule has 7 nitrogen and oxygen atoms in total. The number of nitrogens with one attached hydrogen (secondary N) is 2. The first kappa shape index (κ1) is 19.1. The van der Waals surface area contributed by atoms with Crippen molar-refractivity contribution in [3.05, 3.63) is 47.8 Å². The molecular formula is C20H27N5O2. The lowest BCUT2D eigenvalue weighted by molar-refractivity contribution is -0.119.